The molecule has 2 rings (SSSR count). The molecule has 2 aromatic heterocycles. The van der Waals surface area contributed by atoms with Crippen LogP contribution in [0.4, 0.5) is 11.8 Å². The highest BCUT2D eigenvalue weighted by molar-refractivity contribution is 7.18. The molecule has 0 saturated carbocycles. The van der Waals surface area contributed by atoms with Crippen LogP contribution in [0.3, 0.4) is 0 Å². The molecule has 7 heteroatoms. The molecule has 6 nitrogen and oxygen atoms in total. The monoisotopic (exact) mass is 280 g/mol. The van der Waals surface area contributed by atoms with Gasteiger partial charge in [-0.25, -0.2) is 10.8 Å². The number of nitrogens with one attached hydrogen (secondary N) is 2. The number of hydrazine groups is 1. The predicted octanol–water partition coefficient (Wildman–Crippen LogP) is 1.65. The smallest absolute Gasteiger partial charge is 0.240 e. The Morgan fingerprint density at radius 3 is 2.89 bits per heavy atom. The highest BCUT2D eigenvalue weighted by Crippen LogP contribution is 2.29. The molecule has 0 aromatic carbocycles. The second kappa shape index (κ2) is 6.14. The lowest BCUT2D eigenvalue weighted by Crippen LogP contribution is -2.25. The molecule has 0 aliphatic rings. The van der Waals surface area contributed by atoms with Crippen molar-refractivity contribution >= 4 is 33.3 Å². The van der Waals surface area contributed by atoms with E-state index in [1.165, 1.54) is 4.88 Å². The molecule has 2 aromatic rings. The van der Waals surface area contributed by atoms with Crippen molar-refractivity contribution in [3.8, 4) is 0 Å². The third-order valence-corrected chi connectivity index (χ3v) is 3.92. The number of likely N-dealkylation sites (N-methyl/N-ethyl adjacent to an activating group) is 1. The molecular weight excluding hydrogens is 260 g/mol. The van der Waals surface area contributed by atoms with Gasteiger partial charge in [-0.3, -0.25) is 5.43 Å². The Morgan fingerprint density at radius 2 is 2.21 bits per heavy atom. The number of anilines is 2. The van der Waals surface area contributed by atoms with Gasteiger partial charge >= 0.3 is 0 Å². The van der Waals surface area contributed by atoms with Crippen molar-refractivity contribution in [1.29, 1.82) is 0 Å². The van der Waals surface area contributed by atoms with E-state index in [1.807, 2.05) is 0 Å². The zero-order valence-electron chi connectivity index (χ0n) is 11.5. The van der Waals surface area contributed by atoms with Gasteiger partial charge in [0.2, 0.25) is 5.95 Å². The summed E-state index contributed by atoms with van der Waals surface area (Å²) in [4.78, 5) is 13.1. The number of aryl methyl sites for hydroxylation is 1. The molecule has 104 valence electrons. The lowest BCUT2D eigenvalue weighted by Gasteiger charge is -2.14. The van der Waals surface area contributed by atoms with Crippen LogP contribution in [0.1, 0.15) is 11.8 Å². The fourth-order valence-electron chi connectivity index (χ4n) is 1.76. The maximum Gasteiger partial charge on any atom is 0.240 e. The molecule has 19 heavy (non-hydrogen) atoms. The summed E-state index contributed by atoms with van der Waals surface area (Å²) in [7, 11) is 2.10. The number of nitrogen functional groups attached to an aromatic ring is 1. The van der Waals surface area contributed by atoms with Crippen LogP contribution in [0.15, 0.2) is 6.07 Å². The Hall–Kier alpha value is -1.44. The van der Waals surface area contributed by atoms with E-state index in [9.17, 15) is 0 Å². The Morgan fingerprint density at radius 1 is 1.42 bits per heavy atom. The molecule has 0 bridgehead atoms. The number of nitrogens with two attached hydrogens (primary N) is 1. The van der Waals surface area contributed by atoms with Gasteiger partial charge in [0.25, 0.3) is 0 Å². The van der Waals surface area contributed by atoms with E-state index >= 15 is 0 Å². The summed E-state index contributed by atoms with van der Waals surface area (Å²) in [6, 6.07) is 2.10. The molecule has 0 atom stereocenters. The Labute approximate surface area is 117 Å². The first kappa shape index (κ1) is 14.0. The van der Waals surface area contributed by atoms with E-state index in [4.69, 9.17) is 5.84 Å². The second-order valence-corrected chi connectivity index (χ2v) is 5.67. The third-order valence-electron chi connectivity index (χ3n) is 2.97. The summed E-state index contributed by atoms with van der Waals surface area (Å²) in [6.07, 6.45) is 0. The number of rotatable bonds is 6. The van der Waals surface area contributed by atoms with Crippen molar-refractivity contribution in [2.45, 2.75) is 13.8 Å². The molecule has 0 radical (unpaired) electrons. The van der Waals surface area contributed by atoms with Crippen LogP contribution in [0, 0.1) is 6.92 Å². The fourth-order valence-corrected chi connectivity index (χ4v) is 2.64. The Kier molecular flexibility index (Phi) is 4.52. The zero-order valence-corrected chi connectivity index (χ0v) is 12.3. The van der Waals surface area contributed by atoms with Gasteiger partial charge < -0.3 is 10.2 Å². The number of fused-ring (bicyclic) bond motifs is 1. The first-order valence-electron chi connectivity index (χ1n) is 6.31. The van der Waals surface area contributed by atoms with Crippen LogP contribution in [0.5, 0.6) is 0 Å². The average molecular weight is 280 g/mol. The topological polar surface area (TPSA) is 79.1 Å². The fraction of sp³-hybridized carbons (Fsp3) is 0.500. The molecular formula is C12H20N6S. The third kappa shape index (κ3) is 3.31. The van der Waals surface area contributed by atoms with Crippen LogP contribution >= 0.6 is 11.3 Å². The lowest BCUT2D eigenvalue weighted by molar-refractivity contribution is 0.367. The van der Waals surface area contributed by atoms with Crippen molar-refractivity contribution < 1.29 is 0 Å². The van der Waals surface area contributed by atoms with Crippen molar-refractivity contribution in [2.24, 2.45) is 5.84 Å². The number of hydrogen-bond donors (Lipinski definition) is 3. The second-order valence-electron chi connectivity index (χ2n) is 4.44. The van der Waals surface area contributed by atoms with Gasteiger partial charge in [0.15, 0.2) is 0 Å². The van der Waals surface area contributed by atoms with Gasteiger partial charge in [0.1, 0.15) is 10.6 Å². The predicted molar refractivity (Wildman–Crippen MR) is 81.6 cm³/mol. The van der Waals surface area contributed by atoms with E-state index in [1.54, 1.807) is 11.3 Å². The minimum absolute atomic E-state index is 0.445. The minimum atomic E-state index is 0.445. The molecule has 0 fully saturated rings. The quantitative estimate of drug-likeness (QED) is 0.551. The highest BCUT2D eigenvalue weighted by atomic mass is 32.1. The summed E-state index contributed by atoms with van der Waals surface area (Å²) >= 11 is 1.64. The van der Waals surface area contributed by atoms with Crippen LogP contribution in [-0.2, 0) is 0 Å². The van der Waals surface area contributed by atoms with E-state index in [-0.39, 0.29) is 0 Å². The molecule has 0 spiro atoms. The van der Waals surface area contributed by atoms with Crippen LogP contribution in [0.2, 0.25) is 0 Å². The molecule has 0 amide bonds. The van der Waals surface area contributed by atoms with Crippen LogP contribution in [-0.4, -0.2) is 41.5 Å². The van der Waals surface area contributed by atoms with Crippen molar-refractivity contribution in [2.75, 3.05) is 37.4 Å². The molecule has 0 unspecified atom stereocenters. The Balaban J connectivity index is 2.20. The number of hydrogen-bond acceptors (Lipinski definition) is 7. The van der Waals surface area contributed by atoms with Crippen LogP contribution < -0.4 is 16.6 Å². The Bertz CT molecular complexity index is 552. The van der Waals surface area contributed by atoms with Gasteiger partial charge in [-0.2, -0.15) is 4.98 Å². The standard InChI is InChI=1S/C12H20N6S/c1-4-18(3)6-5-14-10-9-7-8(2)19-11(9)16-12(15-10)17-13/h7H,4-6,13H2,1-3H3,(H2,14,15,16,17). The minimum Gasteiger partial charge on any atom is -0.368 e. The van der Waals surface area contributed by atoms with Gasteiger partial charge in [0.05, 0.1) is 5.39 Å². The molecule has 0 aliphatic carbocycles. The van der Waals surface area contributed by atoms with Gasteiger partial charge in [0, 0.05) is 18.0 Å². The number of aromatic nitrogens is 2. The van der Waals surface area contributed by atoms with Crippen LogP contribution in [0.25, 0.3) is 10.2 Å². The number of thiophene rings is 1. The average Bonchev–Trinajstić information content (AvgIpc) is 2.78. The van der Waals surface area contributed by atoms with Gasteiger partial charge in [-0.15, -0.1) is 11.3 Å². The first-order chi connectivity index (χ1) is 9.13. The van der Waals surface area contributed by atoms with E-state index < -0.39 is 0 Å². The maximum atomic E-state index is 5.41. The van der Waals surface area contributed by atoms with E-state index in [0.717, 1.165) is 35.7 Å². The zero-order chi connectivity index (χ0) is 13.8. The highest BCUT2D eigenvalue weighted by Gasteiger charge is 2.09. The van der Waals surface area contributed by atoms with Gasteiger partial charge in [-0.05, 0) is 26.6 Å². The maximum absolute atomic E-state index is 5.41. The summed E-state index contributed by atoms with van der Waals surface area (Å²) < 4.78 is 0. The van der Waals surface area contributed by atoms with Crippen molar-refractivity contribution in [3.05, 3.63) is 10.9 Å². The summed E-state index contributed by atoms with van der Waals surface area (Å²) in [5, 5.41) is 4.42. The summed E-state index contributed by atoms with van der Waals surface area (Å²) in [5.74, 6) is 6.69. The lowest BCUT2D eigenvalue weighted by atomic mass is 10.3. The van der Waals surface area contributed by atoms with Gasteiger partial charge in [-0.1, -0.05) is 6.92 Å². The first-order valence-corrected chi connectivity index (χ1v) is 7.13. The SMILES string of the molecule is CCN(C)CCNc1nc(NN)nc2sc(C)cc12. The van der Waals surface area contributed by atoms with E-state index in [0.29, 0.717) is 5.95 Å². The summed E-state index contributed by atoms with van der Waals surface area (Å²) in [5.41, 5.74) is 2.51. The van der Waals surface area contributed by atoms with Crippen molar-refractivity contribution in [3.63, 3.8) is 0 Å². The molecule has 0 saturated heterocycles. The largest absolute Gasteiger partial charge is 0.368 e. The molecule has 4 N–H and O–H groups in total. The molecule has 2 heterocycles. The van der Waals surface area contributed by atoms with Crippen molar-refractivity contribution in [1.82, 2.24) is 14.9 Å². The van der Waals surface area contributed by atoms with E-state index in [2.05, 4.69) is 52.6 Å². The number of nitrogens with zero attached hydrogens (tertiary/aromatic N) is 3. The normalized spacial score (nSPS) is 11.2. The molecule has 0 aliphatic heterocycles. The summed E-state index contributed by atoms with van der Waals surface area (Å²) in [6.45, 7) is 7.05.